The maximum atomic E-state index is 12.7. The fraction of sp³-hybridized carbons (Fsp3) is 0.263. The van der Waals surface area contributed by atoms with Crippen molar-refractivity contribution < 1.29 is 24.0 Å². The molecule has 148 valence electrons. The summed E-state index contributed by atoms with van der Waals surface area (Å²) >= 11 is 0. The van der Waals surface area contributed by atoms with Gasteiger partial charge in [0.05, 0.1) is 24.8 Å². The number of hydrogen-bond donors (Lipinski definition) is 1. The monoisotopic (exact) mass is 387 g/mol. The number of anilines is 1. The van der Waals surface area contributed by atoms with Gasteiger partial charge in [-0.15, -0.1) is 0 Å². The molecule has 2 aromatic carbocycles. The number of ether oxygens (including phenoxy) is 2. The lowest BCUT2D eigenvalue weighted by atomic mass is 10.1. The van der Waals surface area contributed by atoms with Crippen molar-refractivity contribution in [2.24, 2.45) is 0 Å². The van der Waals surface area contributed by atoms with Crippen LogP contribution in [0, 0.1) is 10.1 Å². The molecule has 0 aliphatic heterocycles. The quantitative estimate of drug-likeness (QED) is 0.551. The highest BCUT2D eigenvalue weighted by Crippen LogP contribution is 2.28. The number of nitrogens with one attached hydrogen (secondary N) is 1. The van der Waals surface area contributed by atoms with Crippen molar-refractivity contribution in [3.63, 3.8) is 0 Å². The predicted octanol–water partition coefficient (Wildman–Crippen LogP) is 2.71. The fourth-order valence-electron chi connectivity index (χ4n) is 2.59. The Morgan fingerprint density at radius 2 is 1.79 bits per heavy atom. The molecule has 0 saturated heterocycles. The molecule has 28 heavy (non-hydrogen) atoms. The Kier molecular flexibility index (Phi) is 6.91. The maximum Gasteiger partial charge on any atom is 0.311 e. The SMILES string of the molecule is CCN(CC(=O)Nc1ccccc1OC)C(=O)c1ccc(OC)c([N+](=O)[O-])c1. The van der Waals surface area contributed by atoms with Crippen molar-refractivity contribution in [3.8, 4) is 11.5 Å². The van der Waals surface area contributed by atoms with Crippen LogP contribution in [0.15, 0.2) is 42.5 Å². The predicted molar refractivity (Wildman–Crippen MR) is 103 cm³/mol. The molecular weight excluding hydrogens is 366 g/mol. The largest absolute Gasteiger partial charge is 0.495 e. The van der Waals surface area contributed by atoms with Crippen molar-refractivity contribution in [3.05, 3.63) is 58.1 Å². The van der Waals surface area contributed by atoms with Gasteiger partial charge in [-0.2, -0.15) is 0 Å². The zero-order chi connectivity index (χ0) is 20.7. The highest BCUT2D eigenvalue weighted by atomic mass is 16.6. The van der Waals surface area contributed by atoms with E-state index in [1.54, 1.807) is 31.2 Å². The van der Waals surface area contributed by atoms with Crippen molar-refractivity contribution in [1.82, 2.24) is 4.90 Å². The number of nitro benzene ring substituents is 1. The molecule has 0 aromatic heterocycles. The first kappa shape index (κ1) is 20.7. The Morgan fingerprint density at radius 1 is 1.11 bits per heavy atom. The van der Waals surface area contributed by atoms with Crippen LogP contribution in [-0.2, 0) is 4.79 Å². The van der Waals surface area contributed by atoms with E-state index in [1.165, 1.54) is 31.3 Å². The van der Waals surface area contributed by atoms with Crippen LogP contribution in [0.3, 0.4) is 0 Å². The van der Waals surface area contributed by atoms with Gasteiger partial charge in [0.25, 0.3) is 5.91 Å². The number of methoxy groups -OCH3 is 2. The number of amides is 2. The first-order chi connectivity index (χ1) is 13.4. The van der Waals surface area contributed by atoms with Gasteiger partial charge < -0.3 is 19.7 Å². The molecule has 9 heteroatoms. The minimum absolute atomic E-state index is 0.0542. The molecule has 1 N–H and O–H groups in total. The number of benzene rings is 2. The van der Waals surface area contributed by atoms with Crippen molar-refractivity contribution in [2.75, 3.05) is 32.6 Å². The highest BCUT2D eigenvalue weighted by Gasteiger charge is 2.22. The molecule has 0 aliphatic rings. The molecule has 9 nitrogen and oxygen atoms in total. The Labute approximate surface area is 162 Å². The van der Waals surface area contributed by atoms with Gasteiger partial charge in [0, 0.05) is 18.2 Å². The number of carbonyl (C=O) groups is 2. The lowest BCUT2D eigenvalue weighted by Gasteiger charge is -2.21. The average molecular weight is 387 g/mol. The molecule has 0 radical (unpaired) electrons. The normalized spacial score (nSPS) is 10.1. The topological polar surface area (TPSA) is 111 Å². The van der Waals surface area contributed by atoms with E-state index in [0.717, 1.165) is 6.07 Å². The molecule has 0 heterocycles. The number of hydrogen-bond acceptors (Lipinski definition) is 6. The average Bonchev–Trinajstić information content (AvgIpc) is 2.71. The first-order valence-corrected chi connectivity index (χ1v) is 8.45. The lowest BCUT2D eigenvalue weighted by molar-refractivity contribution is -0.385. The van der Waals surface area contributed by atoms with Gasteiger partial charge in [-0.3, -0.25) is 19.7 Å². The Hall–Kier alpha value is -3.62. The van der Waals surface area contributed by atoms with Crippen LogP contribution in [-0.4, -0.2) is 48.9 Å². The van der Waals surface area contributed by atoms with E-state index in [2.05, 4.69) is 5.32 Å². The zero-order valence-corrected chi connectivity index (χ0v) is 15.8. The number of likely N-dealkylation sites (N-methyl/N-ethyl adjacent to an activating group) is 1. The van der Waals surface area contributed by atoms with Gasteiger partial charge in [-0.25, -0.2) is 0 Å². The van der Waals surface area contributed by atoms with E-state index in [-0.39, 0.29) is 30.1 Å². The molecule has 2 rings (SSSR count). The van der Waals surface area contributed by atoms with E-state index in [1.807, 2.05) is 0 Å². The van der Waals surface area contributed by atoms with E-state index >= 15 is 0 Å². The summed E-state index contributed by atoms with van der Waals surface area (Å²) in [7, 11) is 2.80. The molecule has 2 amide bonds. The van der Waals surface area contributed by atoms with Crippen molar-refractivity contribution in [2.45, 2.75) is 6.92 Å². The second-order valence-corrected chi connectivity index (χ2v) is 5.71. The zero-order valence-electron chi connectivity index (χ0n) is 15.8. The fourth-order valence-corrected chi connectivity index (χ4v) is 2.59. The van der Waals surface area contributed by atoms with Gasteiger partial charge in [-0.05, 0) is 31.2 Å². The van der Waals surface area contributed by atoms with Crippen LogP contribution in [0.1, 0.15) is 17.3 Å². The van der Waals surface area contributed by atoms with Crippen LogP contribution in [0.4, 0.5) is 11.4 Å². The standard InChI is InChI=1S/C19H21N3O6/c1-4-21(12-18(23)20-14-7-5-6-8-16(14)27-2)19(24)13-9-10-17(28-3)15(11-13)22(25)26/h5-11H,4,12H2,1-3H3,(H,20,23). The Balaban J connectivity index is 2.16. The minimum Gasteiger partial charge on any atom is -0.495 e. The van der Waals surface area contributed by atoms with Gasteiger partial charge in [-0.1, -0.05) is 12.1 Å². The number of rotatable bonds is 8. The summed E-state index contributed by atoms with van der Waals surface area (Å²) in [5, 5.41) is 13.9. The number of para-hydroxylation sites is 2. The molecule has 0 atom stereocenters. The maximum absolute atomic E-state index is 12.7. The van der Waals surface area contributed by atoms with Gasteiger partial charge in [0.2, 0.25) is 5.91 Å². The highest BCUT2D eigenvalue weighted by molar-refractivity contribution is 6.00. The van der Waals surface area contributed by atoms with Gasteiger partial charge >= 0.3 is 5.69 Å². The summed E-state index contributed by atoms with van der Waals surface area (Å²) in [4.78, 5) is 36.9. The van der Waals surface area contributed by atoms with E-state index in [4.69, 9.17) is 9.47 Å². The van der Waals surface area contributed by atoms with Crippen LogP contribution in [0.5, 0.6) is 11.5 Å². The molecule has 0 spiro atoms. The van der Waals surface area contributed by atoms with Crippen molar-refractivity contribution in [1.29, 1.82) is 0 Å². The second-order valence-electron chi connectivity index (χ2n) is 5.71. The van der Waals surface area contributed by atoms with Crippen LogP contribution in [0.2, 0.25) is 0 Å². The molecule has 0 aliphatic carbocycles. The summed E-state index contributed by atoms with van der Waals surface area (Å²) in [6.45, 7) is 1.75. The summed E-state index contributed by atoms with van der Waals surface area (Å²) in [5.41, 5.74) is 0.265. The summed E-state index contributed by atoms with van der Waals surface area (Å²) in [6, 6.07) is 10.8. The van der Waals surface area contributed by atoms with E-state index in [0.29, 0.717) is 11.4 Å². The molecule has 0 unspecified atom stereocenters. The Morgan fingerprint density at radius 3 is 2.39 bits per heavy atom. The minimum atomic E-state index is -0.625. The van der Waals surface area contributed by atoms with E-state index in [9.17, 15) is 19.7 Å². The van der Waals surface area contributed by atoms with E-state index < -0.39 is 16.7 Å². The van der Waals surface area contributed by atoms with Crippen LogP contribution >= 0.6 is 0 Å². The van der Waals surface area contributed by atoms with Crippen molar-refractivity contribution >= 4 is 23.2 Å². The van der Waals surface area contributed by atoms with Gasteiger partial charge in [0.1, 0.15) is 12.3 Å². The molecule has 0 bridgehead atoms. The Bertz CT molecular complexity index is 884. The lowest BCUT2D eigenvalue weighted by Crippen LogP contribution is -2.37. The third kappa shape index (κ3) is 4.76. The number of carbonyl (C=O) groups excluding carboxylic acids is 2. The molecular formula is C19H21N3O6. The number of nitro groups is 1. The first-order valence-electron chi connectivity index (χ1n) is 8.45. The third-order valence-electron chi connectivity index (χ3n) is 4.01. The van der Waals surface area contributed by atoms with Crippen LogP contribution in [0.25, 0.3) is 0 Å². The summed E-state index contributed by atoms with van der Waals surface area (Å²) in [5.74, 6) is -0.361. The smallest absolute Gasteiger partial charge is 0.311 e. The summed E-state index contributed by atoms with van der Waals surface area (Å²) < 4.78 is 10.1. The molecule has 0 fully saturated rings. The molecule has 0 saturated carbocycles. The molecule has 2 aromatic rings. The summed E-state index contributed by atoms with van der Waals surface area (Å²) in [6.07, 6.45) is 0. The third-order valence-corrected chi connectivity index (χ3v) is 4.01. The second kappa shape index (κ2) is 9.36. The van der Waals surface area contributed by atoms with Gasteiger partial charge in [0.15, 0.2) is 5.75 Å². The van der Waals surface area contributed by atoms with Crippen LogP contribution < -0.4 is 14.8 Å². The number of nitrogens with zero attached hydrogens (tertiary/aromatic N) is 2.